The number of nitrogens with zero attached hydrogens (tertiary/aromatic N) is 1. The van der Waals surface area contributed by atoms with E-state index in [-0.39, 0.29) is 0 Å². The molecule has 0 spiro atoms. The van der Waals surface area contributed by atoms with Crippen molar-refractivity contribution < 1.29 is 23.5 Å². The summed E-state index contributed by atoms with van der Waals surface area (Å²) in [6, 6.07) is 19.7. The number of benzene rings is 3. The second kappa shape index (κ2) is 9.35. The van der Waals surface area contributed by atoms with E-state index < -0.39 is 35.7 Å². The van der Waals surface area contributed by atoms with Crippen molar-refractivity contribution in [2.75, 3.05) is 19.0 Å². The minimum absolute atomic E-state index is 0.427. The van der Waals surface area contributed by atoms with Crippen molar-refractivity contribution in [3.63, 3.8) is 0 Å². The van der Waals surface area contributed by atoms with E-state index in [1.807, 2.05) is 30.3 Å². The smallest absolute Gasteiger partial charge is 0.325 e. The van der Waals surface area contributed by atoms with E-state index in [2.05, 4.69) is 10.6 Å². The third kappa shape index (κ3) is 4.61. The molecule has 0 aliphatic carbocycles. The summed E-state index contributed by atoms with van der Waals surface area (Å²) in [6.45, 7) is 1.07. The molecule has 1 aliphatic heterocycles. The predicted molar refractivity (Wildman–Crippen MR) is 125 cm³/mol. The minimum Gasteiger partial charge on any atom is -0.496 e. The lowest BCUT2D eigenvalue weighted by atomic mass is 9.92. The van der Waals surface area contributed by atoms with Crippen molar-refractivity contribution in [1.29, 1.82) is 0 Å². The van der Waals surface area contributed by atoms with Crippen molar-refractivity contribution in [2.45, 2.75) is 18.9 Å². The lowest BCUT2D eigenvalue weighted by molar-refractivity contribution is -0.133. The fourth-order valence-electron chi connectivity index (χ4n) is 3.97. The van der Waals surface area contributed by atoms with Gasteiger partial charge in [0.15, 0.2) is 0 Å². The topological polar surface area (TPSA) is 87.7 Å². The number of amides is 4. The van der Waals surface area contributed by atoms with Gasteiger partial charge in [-0.2, -0.15) is 0 Å². The average molecular weight is 461 g/mol. The van der Waals surface area contributed by atoms with Gasteiger partial charge in [0.05, 0.1) is 7.11 Å². The second-order valence-corrected chi connectivity index (χ2v) is 8.19. The van der Waals surface area contributed by atoms with E-state index in [1.165, 1.54) is 31.2 Å². The highest BCUT2D eigenvalue weighted by Crippen LogP contribution is 2.29. The minimum atomic E-state index is -1.38. The van der Waals surface area contributed by atoms with E-state index in [4.69, 9.17) is 4.74 Å². The van der Waals surface area contributed by atoms with Crippen LogP contribution in [0.25, 0.3) is 0 Å². The molecule has 3 aromatic carbocycles. The number of ether oxygens (including phenoxy) is 1. The van der Waals surface area contributed by atoms with Crippen molar-refractivity contribution >= 4 is 23.5 Å². The van der Waals surface area contributed by atoms with Gasteiger partial charge in [-0.05, 0) is 48.4 Å². The Labute approximate surface area is 196 Å². The Morgan fingerprint density at radius 1 is 1.06 bits per heavy atom. The van der Waals surface area contributed by atoms with Crippen molar-refractivity contribution in [3.05, 3.63) is 95.3 Å². The normalized spacial score (nSPS) is 17.4. The fraction of sp³-hybridized carbons (Fsp3) is 0.192. The van der Waals surface area contributed by atoms with Gasteiger partial charge in [-0.3, -0.25) is 14.5 Å². The molecule has 0 bridgehead atoms. The first-order valence-electron chi connectivity index (χ1n) is 10.7. The maximum Gasteiger partial charge on any atom is 0.325 e. The highest BCUT2D eigenvalue weighted by atomic mass is 19.1. The standard InChI is InChI=1S/C26H24FN3O4/c1-26(19-8-10-20(27)11-9-19)24(32)30(25(33)29-26)16-23(31)28-21-12-13-22(34-2)18(15-21)14-17-6-4-3-5-7-17/h3-13,15H,14,16H2,1-2H3,(H,28,31)(H,29,33)/t26-/m0/s1. The number of nitrogens with one attached hydrogen (secondary N) is 2. The van der Waals surface area contributed by atoms with Gasteiger partial charge in [-0.25, -0.2) is 9.18 Å². The Kier molecular flexibility index (Phi) is 6.32. The molecule has 1 fully saturated rings. The number of hydrogen-bond acceptors (Lipinski definition) is 4. The van der Waals surface area contributed by atoms with E-state index in [0.717, 1.165) is 16.0 Å². The van der Waals surface area contributed by atoms with Crippen LogP contribution in [0.15, 0.2) is 72.8 Å². The number of halogens is 1. The van der Waals surface area contributed by atoms with Crippen LogP contribution < -0.4 is 15.4 Å². The molecule has 0 radical (unpaired) electrons. The summed E-state index contributed by atoms with van der Waals surface area (Å²) in [7, 11) is 1.58. The Bertz CT molecular complexity index is 1230. The van der Waals surface area contributed by atoms with Crippen LogP contribution in [0.2, 0.25) is 0 Å². The van der Waals surface area contributed by atoms with E-state index in [1.54, 1.807) is 25.3 Å². The Balaban J connectivity index is 1.47. The first-order valence-corrected chi connectivity index (χ1v) is 10.7. The Hall–Kier alpha value is -4.20. The van der Waals surface area contributed by atoms with E-state index >= 15 is 0 Å². The zero-order valence-electron chi connectivity index (χ0n) is 18.8. The maximum absolute atomic E-state index is 13.3. The summed E-state index contributed by atoms with van der Waals surface area (Å²) in [6.07, 6.45) is 0.608. The van der Waals surface area contributed by atoms with Gasteiger partial charge in [0, 0.05) is 17.7 Å². The number of urea groups is 1. The van der Waals surface area contributed by atoms with Crippen LogP contribution in [0.3, 0.4) is 0 Å². The molecule has 4 amide bonds. The van der Waals surface area contributed by atoms with Gasteiger partial charge in [-0.15, -0.1) is 0 Å². The number of carbonyl (C=O) groups is 3. The Morgan fingerprint density at radius 2 is 1.76 bits per heavy atom. The average Bonchev–Trinajstić information content (AvgIpc) is 3.04. The van der Waals surface area contributed by atoms with Gasteiger partial charge in [0.25, 0.3) is 5.91 Å². The molecule has 3 aromatic rings. The van der Waals surface area contributed by atoms with E-state index in [9.17, 15) is 18.8 Å². The lowest BCUT2D eigenvalue weighted by Gasteiger charge is -2.22. The predicted octanol–water partition coefficient (Wildman–Crippen LogP) is 3.83. The second-order valence-electron chi connectivity index (χ2n) is 8.19. The summed E-state index contributed by atoms with van der Waals surface area (Å²) in [5.74, 6) is -0.876. The SMILES string of the molecule is COc1ccc(NC(=O)CN2C(=O)N[C@@](C)(c3ccc(F)cc3)C2=O)cc1Cc1ccccc1. The van der Waals surface area contributed by atoms with Crippen LogP contribution in [0.1, 0.15) is 23.6 Å². The zero-order chi connectivity index (χ0) is 24.3. The molecule has 1 aliphatic rings. The molecule has 1 atom stereocenters. The molecule has 7 nitrogen and oxygen atoms in total. The number of rotatable bonds is 7. The number of imide groups is 1. The Morgan fingerprint density at radius 3 is 2.44 bits per heavy atom. The molecular weight excluding hydrogens is 437 g/mol. The third-order valence-electron chi connectivity index (χ3n) is 5.80. The summed E-state index contributed by atoms with van der Waals surface area (Å²) in [5.41, 5.74) is 1.53. The maximum atomic E-state index is 13.3. The van der Waals surface area contributed by atoms with Crippen LogP contribution in [0.4, 0.5) is 14.9 Å². The van der Waals surface area contributed by atoms with Crippen LogP contribution >= 0.6 is 0 Å². The van der Waals surface area contributed by atoms with Gasteiger partial charge in [0.1, 0.15) is 23.7 Å². The monoisotopic (exact) mass is 461 g/mol. The number of anilines is 1. The van der Waals surface area contributed by atoms with Crippen LogP contribution in [0, 0.1) is 5.82 Å². The molecule has 1 heterocycles. The zero-order valence-corrected chi connectivity index (χ0v) is 18.8. The summed E-state index contributed by atoms with van der Waals surface area (Å²) >= 11 is 0. The summed E-state index contributed by atoms with van der Waals surface area (Å²) < 4.78 is 18.7. The first-order chi connectivity index (χ1) is 16.3. The molecule has 2 N–H and O–H groups in total. The number of carbonyl (C=O) groups excluding carboxylic acids is 3. The quantitative estimate of drug-likeness (QED) is 0.524. The van der Waals surface area contributed by atoms with Gasteiger partial charge in [-0.1, -0.05) is 42.5 Å². The lowest BCUT2D eigenvalue weighted by Crippen LogP contribution is -2.42. The molecule has 0 unspecified atom stereocenters. The number of methoxy groups -OCH3 is 1. The number of hydrogen-bond donors (Lipinski definition) is 2. The van der Waals surface area contributed by atoms with Crippen molar-refractivity contribution in [2.24, 2.45) is 0 Å². The highest BCUT2D eigenvalue weighted by Gasteiger charge is 2.49. The van der Waals surface area contributed by atoms with Gasteiger partial charge < -0.3 is 15.4 Å². The molecule has 4 rings (SSSR count). The fourth-order valence-corrected chi connectivity index (χ4v) is 3.97. The van der Waals surface area contributed by atoms with Crippen molar-refractivity contribution in [1.82, 2.24) is 10.2 Å². The van der Waals surface area contributed by atoms with Gasteiger partial charge >= 0.3 is 6.03 Å². The summed E-state index contributed by atoms with van der Waals surface area (Å²) in [5, 5.41) is 5.35. The first kappa shape index (κ1) is 23.0. The molecule has 174 valence electrons. The van der Waals surface area contributed by atoms with E-state index in [0.29, 0.717) is 23.4 Å². The molecule has 34 heavy (non-hydrogen) atoms. The molecule has 1 saturated heterocycles. The summed E-state index contributed by atoms with van der Waals surface area (Å²) in [4.78, 5) is 39.1. The van der Waals surface area contributed by atoms with Crippen LogP contribution in [-0.2, 0) is 21.5 Å². The van der Waals surface area contributed by atoms with Crippen molar-refractivity contribution in [3.8, 4) is 5.75 Å². The molecule has 0 aromatic heterocycles. The van der Waals surface area contributed by atoms with Crippen LogP contribution in [0.5, 0.6) is 5.75 Å². The largest absolute Gasteiger partial charge is 0.496 e. The molecule has 8 heteroatoms. The highest BCUT2D eigenvalue weighted by molar-refractivity contribution is 6.10. The third-order valence-corrected chi connectivity index (χ3v) is 5.80. The molecule has 0 saturated carbocycles. The van der Waals surface area contributed by atoms with Crippen LogP contribution in [-0.4, -0.2) is 36.4 Å². The van der Waals surface area contributed by atoms with Gasteiger partial charge in [0.2, 0.25) is 5.91 Å². The molecular formula is C26H24FN3O4.